The van der Waals surface area contributed by atoms with Gasteiger partial charge >= 0.3 is 0 Å². The third kappa shape index (κ3) is 2.91. The summed E-state index contributed by atoms with van der Waals surface area (Å²) in [6, 6.07) is 12.9. The molecule has 0 aliphatic heterocycles. The van der Waals surface area contributed by atoms with Crippen molar-refractivity contribution in [3.63, 3.8) is 0 Å². The lowest BCUT2D eigenvalue weighted by atomic mass is 10.2. The molecule has 0 atom stereocenters. The molecule has 2 aromatic rings. The van der Waals surface area contributed by atoms with Crippen LogP contribution in [0.15, 0.2) is 48.7 Å². The molecule has 0 aliphatic carbocycles. The highest BCUT2D eigenvalue weighted by Crippen LogP contribution is 2.19. The number of hydrogen-bond donors (Lipinski definition) is 0. The zero-order valence-corrected chi connectivity index (χ0v) is 9.59. The number of Topliss-reactive ketones (excluding diaryl/α,β-unsaturated/α-hetero) is 1. The Morgan fingerprint density at radius 3 is 2.47 bits per heavy atom. The van der Waals surface area contributed by atoms with Crippen molar-refractivity contribution in [1.29, 1.82) is 0 Å². The summed E-state index contributed by atoms with van der Waals surface area (Å²) in [6.07, 6.45) is 2.03. The van der Waals surface area contributed by atoms with E-state index in [9.17, 15) is 4.79 Å². The molecule has 0 bridgehead atoms. The quantitative estimate of drug-likeness (QED) is 0.751. The standard InChI is InChI=1S/C14H13NO2/c1-2-14(16)13-9-8-12(10-15-13)17-11-6-4-3-5-7-11/h3-10H,2H2,1H3. The average molecular weight is 227 g/mol. The van der Waals surface area contributed by atoms with Crippen LogP contribution < -0.4 is 4.74 Å². The third-order valence-electron chi connectivity index (χ3n) is 2.32. The normalized spacial score (nSPS) is 9.94. The number of carbonyl (C=O) groups excluding carboxylic acids is 1. The first-order valence-electron chi connectivity index (χ1n) is 5.51. The molecule has 0 saturated carbocycles. The zero-order chi connectivity index (χ0) is 12.1. The summed E-state index contributed by atoms with van der Waals surface area (Å²) in [7, 11) is 0. The highest BCUT2D eigenvalue weighted by Gasteiger charge is 2.04. The number of para-hydroxylation sites is 1. The van der Waals surface area contributed by atoms with Crippen LogP contribution in [0.25, 0.3) is 0 Å². The lowest BCUT2D eigenvalue weighted by Crippen LogP contribution is -1.99. The lowest BCUT2D eigenvalue weighted by Gasteiger charge is -2.05. The number of pyridine rings is 1. The molecule has 2 rings (SSSR count). The second kappa shape index (κ2) is 5.25. The van der Waals surface area contributed by atoms with Crippen molar-refractivity contribution in [2.24, 2.45) is 0 Å². The summed E-state index contributed by atoms with van der Waals surface area (Å²) in [5.41, 5.74) is 0.480. The average Bonchev–Trinajstić information content (AvgIpc) is 2.40. The molecule has 0 radical (unpaired) electrons. The fraction of sp³-hybridized carbons (Fsp3) is 0.143. The highest BCUT2D eigenvalue weighted by molar-refractivity contribution is 5.93. The van der Waals surface area contributed by atoms with E-state index in [1.807, 2.05) is 37.3 Å². The van der Waals surface area contributed by atoms with Crippen molar-refractivity contribution in [3.05, 3.63) is 54.4 Å². The van der Waals surface area contributed by atoms with Gasteiger partial charge in [-0.05, 0) is 24.3 Å². The molecule has 3 nitrogen and oxygen atoms in total. The first kappa shape index (κ1) is 11.3. The number of carbonyl (C=O) groups is 1. The number of ketones is 1. The van der Waals surface area contributed by atoms with Gasteiger partial charge in [-0.15, -0.1) is 0 Å². The maximum Gasteiger partial charge on any atom is 0.180 e. The van der Waals surface area contributed by atoms with Gasteiger partial charge in [-0.1, -0.05) is 25.1 Å². The van der Waals surface area contributed by atoms with E-state index in [1.165, 1.54) is 0 Å². The van der Waals surface area contributed by atoms with Crippen LogP contribution in [0.4, 0.5) is 0 Å². The van der Waals surface area contributed by atoms with E-state index >= 15 is 0 Å². The largest absolute Gasteiger partial charge is 0.456 e. The minimum Gasteiger partial charge on any atom is -0.456 e. The Balaban J connectivity index is 2.11. The van der Waals surface area contributed by atoms with Crippen LogP contribution in [-0.4, -0.2) is 10.8 Å². The van der Waals surface area contributed by atoms with Gasteiger partial charge in [0.1, 0.15) is 17.2 Å². The molecule has 0 amide bonds. The van der Waals surface area contributed by atoms with Crippen molar-refractivity contribution in [2.75, 3.05) is 0 Å². The van der Waals surface area contributed by atoms with Gasteiger partial charge in [0.15, 0.2) is 5.78 Å². The van der Waals surface area contributed by atoms with Gasteiger partial charge in [0.2, 0.25) is 0 Å². The first-order valence-corrected chi connectivity index (χ1v) is 5.51. The zero-order valence-electron chi connectivity index (χ0n) is 9.59. The van der Waals surface area contributed by atoms with Gasteiger partial charge < -0.3 is 4.74 Å². The Kier molecular flexibility index (Phi) is 3.50. The van der Waals surface area contributed by atoms with Gasteiger partial charge in [0.25, 0.3) is 0 Å². The number of nitrogens with zero attached hydrogens (tertiary/aromatic N) is 1. The molecule has 0 aliphatic rings. The van der Waals surface area contributed by atoms with Crippen LogP contribution in [0.1, 0.15) is 23.8 Å². The summed E-state index contributed by atoms with van der Waals surface area (Å²) in [5.74, 6) is 1.42. The van der Waals surface area contributed by atoms with Crippen LogP contribution in [0.3, 0.4) is 0 Å². The molecule has 1 aromatic heterocycles. The van der Waals surface area contributed by atoms with Gasteiger partial charge in [-0.2, -0.15) is 0 Å². The van der Waals surface area contributed by atoms with E-state index in [0.29, 0.717) is 17.9 Å². The lowest BCUT2D eigenvalue weighted by molar-refractivity contribution is 0.0983. The summed E-state index contributed by atoms with van der Waals surface area (Å²) < 4.78 is 5.57. The van der Waals surface area contributed by atoms with Gasteiger partial charge in [-0.25, -0.2) is 4.98 Å². The first-order chi connectivity index (χ1) is 8.29. The van der Waals surface area contributed by atoms with Crippen molar-refractivity contribution < 1.29 is 9.53 Å². The smallest absolute Gasteiger partial charge is 0.180 e. The number of hydrogen-bond acceptors (Lipinski definition) is 3. The van der Waals surface area contributed by atoms with Gasteiger partial charge in [0.05, 0.1) is 6.20 Å². The van der Waals surface area contributed by atoms with Crippen LogP contribution >= 0.6 is 0 Å². The van der Waals surface area contributed by atoms with Crippen molar-refractivity contribution in [1.82, 2.24) is 4.98 Å². The molecule has 1 aromatic carbocycles. The number of aromatic nitrogens is 1. The van der Waals surface area contributed by atoms with E-state index in [1.54, 1.807) is 18.3 Å². The fourth-order valence-corrected chi connectivity index (χ4v) is 1.41. The summed E-state index contributed by atoms with van der Waals surface area (Å²) in [4.78, 5) is 15.5. The number of ether oxygens (including phenoxy) is 1. The maximum atomic E-state index is 11.4. The highest BCUT2D eigenvalue weighted by atomic mass is 16.5. The van der Waals surface area contributed by atoms with Gasteiger partial charge in [0, 0.05) is 6.42 Å². The summed E-state index contributed by atoms with van der Waals surface area (Å²) in [5, 5.41) is 0. The predicted octanol–water partition coefficient (Wildman–Crippen LogP) is 3.47. The van der Waals surface area contributed by atoms with Crippen LogP contribution in [0.5, 0.6) is 11.5 Å². The molecule has 86 valence electrons. The number of benzene rings is 1. The van der Waals surface area contributed by atoms with Crippen LogP contribution in [-0.2, 0) is 0 Å². The van der Waals surface area contributed by atoms with Crippen molar-refractivity contribution in [3.8, 4) is 11.5 Å². The maximum absolute atomic E-state index is 11.4. The van der Waals surface area contributed by atoms with Crippen LogP contribution in [0.2, 0.25) is 0 Å². The van der Waals surface area contributed by atoms with E-state index in [0.717, 1.165) is 5.75 Å². The SMILES string of the molecule is CCC(=O)c1ccc(Oc2ccccc2)cn1. The topological polar surface area (TPSA) is 39.2 Å². The molecule has 1 heterocycles. The van der Waals surface area contributed by atoms with E-state index in [4.69, 9.17) is 4.74 Å². The minimum atomic E-state index is 0.0382. The predicted molar refractivity (Wildman–Crippen MR) is 65.4 cm³/mol. The molecular formula is C14H13NO2. The Morgan fingerprint density at radius 2 is 1.88 bits per heavy atom. The molecule has 0 spiro atoms. The van der Waals surface area contributed by atoms with Crippen molar-refractivity contribution in [2.45, 2.75) is 13.3 Å². The summed E-state index contributed by atoms with van der Waals surface area (Å²) in [6.45, 7) is 1.82. The Bertz CT molecular complexity index is 491. The second-order valence-corrected chi connectivity index (χ2v) is 3.57. The van der Waals surface area contributed by atoms with E-state index in [2.05, 4.69) is 4.98 Å². The molecule has 3 heteroatoms. The number of rotatable bonds is 4. The van der Waals surface area contributed by atoms with Crippen molar-refractivity contribution >= 4 is 5.78 Å². The second-order valence-electron chi connectivity index (χ2n) is 3.57. The van der Waals surface area contributed by atoms with E-state index in [-0.39, 0.29) is 5.78 Å². The molecule has 0 saturated heterocycles. The Labute approximate surface area is 100 Å². The fourth-order valence-electron chi connectivity index (χ4n) is 1.41. The Hall–Kier alpha value is -2.16. The molecule has 0 unspecified atom stereocenters. The molecule has 0 fully saturated rings. The van der Waals surface area contributed by atoms with Crippen LogP contribution in [0, 0.1) is 0 Å². The Morgan fingerprint density at radius 1 is 1.12 bits per heavy atom. The minimum absolute atomic E-state index is 0.0382. The van der Waals surface area contributed by atoms with E-state index < -0.39 is 0 Å². The molecule has 17 heavy (non-hydrogen) atoms. The summed E-state index contributed by atoms with van der Waals surface area (Å²) >= 11 is 0. The molecular weight excluding hydrogens is 214 g/mol. The monoisotopic (exact) mass is 227 g/mol. The van der Waals surface area contributed by atoms with Gasteiger partial charge in [-0.3, -0.25) is 4.79 Å². The molecule has 0 N–H and O–H groups in total. The third-order valence-corrected chi connectivity index (χ3v) is 2.32.